The zero-order valence-electron chi connectivity index (χ0n) is 8.01. The van der Waals surface area contributed by atoms with Crippen molar-refractivity contribution in [2.24, 2.45) is 0 Å². The minimum Gasteiger partial charge on any atom is -0.375 e. The Hall–Kier alpha value is -0.160. The summed E-state index contributed by atoms with van der Waals surface area (Å²) in [7, 11) is 0. The number of piperidine rings is 1. The van der Waals surface area contributed by atoms with E-state index in [1.54, 1.807) is 0 Å². The van der Waals surface area contributed by atoms with Gasteiger partial charge in [0.1, 0.15) is 0 Å². The third kappa shape index (κ3) is 2.25. The molecule has 2 aliphatic rings. The third-order valence-corrected chi connectivity index (χ3v) is 3.38. The summed E-state index contributed by atoms with van der Waals surface area (Å²) in [6.45, 7) is 3.09. The van der Waals surface area contributed by atoms with Crippen LogP contribution in [0, 0.1) is 0 Å². The fourth-order valence-corrected chi connectivity index (χ4v) is 2.52. The average Bonchev–Trinajstić information content (AvgIpc) is 2.22. The number of hydrogen-bond donors (Lipinski definition) is 1. The summed E-state index contributed by atoms with van der Waals surface area (Å²) in [6, 6.07) is 0. The Labute approximate surface area is 103 Å². The van der Waals surface area contributed by atoms with Crippen molar-refractivity contribution < 1.29 is 0 Å². The number of rotatable bonds is 0. The molecule has 14 heavy (non-hydrogen) atoms. The van der Waals surface area contributed by atoms with Crippen LogP contribution in [0.3, 0.4) is 0 Å². The first-order valence-electron chi connectivity index (χ1n) is 4.63. The lowest BCUT2D eigenvalue weighted by molar-refractivity contribution is 0.911. The molecule has 0 spiro atoms. The van der Waals surface area contributed by atoms with E-state index in [0.717, 1.165) is 18.0 Å². The molecule has 1 aliphatic heterocycles. The van der Waals surface area contributed by atoms with Crippen LogP contribution in [0.1, 0.15) is 13.3 Å². The van der Waals surface area contributed by atoms with Gasteiger partial charge in [0.25, 0.3) is 0 Å². The molecule has 1 heterocycles. The highest BCUT2D eigenvalue weighted by atomic mass is 127. The first-order chi connectivity index (χ1) is 6.57. The van der Waals surface area contributed by atoms with Crippen molar-refractivity contribution in [1.82, 2.24) is 5.32 Å². The summed E-state index contributed by atoms with van der Waals surface area (Å²) < 4.78 is 0.131. The summed E-state index contributed by atoms with van der Waals surface area (Å²) in [5, 5.41) is 3.24. The van der Waals surface area contributed by atoms with Gasteiger partial charge in [0.15, 0.2) is 0 Å². The summed E-state index contributed by atoms with van der Waals surface area (Å²) in [5.74, 6) is 0. The molecule has 0 amide bonds. The fourth-order valence-electron chi connectivity index (χ4n) is 1.71. The van der Waals surface area contributed by atoms with E-state index < -0.39 is 0 Å². The van der Waals surface area contributed by atoms with E-state index in [2.05, 4.69) is 59.1 Å². The molecule has 0 aromatic heterocycles. The van der Waals surface area contributed by atoms with E-state index in [0.29, 0.717) is 0 Å². The molecular formula is C11H12INS. The van der Waals surface area contributed by atoms with Gasteiger partial charge in [-0.1, -0.05) is 59.1 Å². The van der Waals surface area contributed by atoms with Gasteiger partial charge in [0.05, 0.1) is 8.41 Å². The summed E-state index contributed by atoms with van der Waals surface area (Å²) in [6.07, 6.45) is 9.74. The predicted octanol–water partition coefficient (Wildman–Crippen LogP) is 2.92. The van der Waals surface area contributed by atoms with Gasteiger partial charge in [-0.3, -0.25) is 0 Å². The Morgan fingerprint density at radius 2 is 2.29 bits per heavy atom. The molecule has 1 fully saturated rings. The van der Waals surface area contributed by atoms with Crippen molar-refractivity contribution in [2.75, 3.05) is 6.54 Å². The molecule has 0 radical (unpaired) electrons. The number of hydrogen-bond acceptors (Lipinski definition) is 1. The van der Waals surface area contributed by atoms with E-state index in [1.807, 2.05) is 0 Å². The summed E-state index contributed by atoms with van der Waals surface area (Å²) in [4.78, 5) is 0.957. The number of nitrogens with one attached hydrogen (secondary N) is 1. The standard InChI is InChI=1S/C11H12INS/c1-11(12)4-2-3-8-5-10(14)13-7-9(8)6-11/h2-4,6H,5,7H2,1H3,(H,13,14). The van der Waals surface area contributed by atoms with Crippen LogP contribution in [0.5, 0.6) is 0 Å². The lowest BCUT2D eigenvalue weighted by atomic mass is 9.97. The smallest absolute Gasteiger partial charge is 0.0800 e. The lowest BCUT2D eigenvalue weighted by Crippen LogP contribution is -2.30. The van der Waals surface area contributed by atoms with Crippen LogP contribution in [0.15, 0.2) is 35.5 Å². The predicted molar refractivity (Wildman–Crippen MR) is 72.9 cm³/mol. The normalized spacial score (nSPS) is 31.1. The monoisotopic (exact) mass is 317 g/mol. The summed E-state index contributed by atoms with van der Waals surface area (Å²) >= 11 is 7.62. The van der Waals surface area contributed by atoms with Crippen LogP contribution in [0.25, 0.3) is 0 Å². The van der Waals surface area contributed by atoms with E-state index in [9.17, 15) is 0 Å². The van der Waals surface area contributed by atoms with Crippen molar-refractivity contribution in [3.8, 4) is 0 Å². The van der Waals surface area contributed by atoms with Gasteiger partial charge in [-0.15, -0.1) is 0 Å². The number of thiocarbonyl (C=S) groups is 1. The highest BCUT2D eigenvalue weighted by Gasteiger charge is 2.21. The molecular weight excluding hydrogens is 305 g/mol. The quantitative estimate of drug-likeness (QED) is 0.419. The number of allylic oxidation sites excluding steroid dienone is 4. The van der Waals surface area contributed by atoms with E-state index in [4.69, 9.17) is 12.2 Å². The molecule has 1 N–H and O–H groups in total. The van der Waals surface area contributed by atoms with Crippen LogP contribution >= 0.6 is 34.8 Å². The zero-order valence-corrected chi connectivity index (χ0v) is 11.0. The molecule has 1 unspecified atom stereocenters. The van der Waals surface area contributed by atoms with Crippen LogP contribution in [-0.4, -0.2) is 15.0 Å². The number of alkyl halides is 1. The van der Waals surface area contributed by atoms with Gasteiger partial charge in [-0.2, -0.15) is 0 Å². The molecule has 2 rings (SSSR count). The minimum atomic E-state index is 0.131. The van der Waals surface area contributed by atoms with Crippen LogP contribution in [0.4, 0.5) is 0 Å². The number of halogens is 1. The maximum atomic E-state index is 5.17. The van der Waals surface area contributed by atoms with E-state index in [-0.39, 0.29) is 3.42 Å². The Bertz CT molecular complexity index is 363. The first-order valence-corrected chi connectivity index (χ1v) is 6.12. The number of fused-ring (bicyclic) bond motifs is 1. The van der Waals surface area contributed by atoms with Crippen LogP contribution < -0.4 is 5.32 Å². The van der Waals surface area contributed by atoms with E-state index >= 15 is 0 Å². The zero-order chi connectivity index (χ0) is 10.2. The Kier molecular flexibility index (Phi) is 2.79. The molecule has 3 heteroatoms. The average molecular weight is 317 g/mol. The Balaban J connectivity index is 2.35. The van der Waals surface area contributed by atoms with Crippen molar-refractivity contribution in [3.05, 3.63) is 35.5 Å². The molecule has 1 saturated heterocycles. The van der Waals surface area contributed by atoms with Crippen molar-refractivity contribution in [2.45, 2.75) is 16.8 Å². The lowest BCUT2D eigenvalue weighted by Gasteiger charge is -2.22. The van der Waals surface area contributed by atoms with Gasteiger partial charge in [0.2, 0.25) is 0 Å². The van der Waals surface area contributed by atoms with Gasteiger partial charge in [-0.25, -0.2) is 0 Å². The van der Waals surface area contributed by atoms with Crippen molar-refractivity contribution >= 4 is 39.8 Å². The highest BCUT2D eigenvalue weighted by molar-refractivity contribution is 14.1. The van der Waals surface area contributed by atoms with Gasteiger partial charge >= 0.3 is 0 Å². The van der Waals surface area contributed by atoms with E-state index in [1.165, 1.54) is 11.1 Å². The van der Waals surface area contributed by atoms with Gasteiger partial charge < -0.3 is 5.32 Å². The second-order valence-corrected chi connectivity index (χ2v) is 6.64. The molecule has 0 aromatic rings. The molecule has 0 aromatic carbocycles. The third-order valence-electron chi connectivity index (χ3n) is 2.42. The molecule has 1 aliphatic carbocycles. The highest BCUT2D eigenvalue weighted by Crippen LogP contribution is 2.30. The Morgan fingerprint density at radius 1 is 1.50 bits per heavy atom. The van der Waals surface area contributed by atoms with Crippen molar-refractivity contribution in [1.29, 1.82) is 0 Å². The summed E-state index contributed by atoms with van der Waals surface area (Å²) in [5.41, 5.74) is 2.76. The topological polar surface area (TPSA) is 12.0 Å². The Morgan fingerprint density at radius 3 is 3.07 bits per heavy atom. The maximum absolute atomic E-state index is 5.17. The largest absolute Gasteiger partial charge is 0.375 e. The second kappa shape index (κ2) is 3.77. The second-order valence-electron chi connectivity index (χ2n) is 3.83. The SMILES string of the molecule is CC1(I)C=CC=C2CC(=S)NCC2=C1. The molecule has 74 valence electrons. The molecule has 0 bridgehead atoms. The van der Waals surface area contributed by atoms with Crippen LogP contribution in [-0.2, 0) is 0 Å². The van der Waals surface area contributed by atoms with Crippen LogP contribution in [0.2, 0.25) is 0 Å². The molecule has 1 nitrogen and oxygen atoms in total. The minimum absolute atomic E-state index is 0.131. The fraction of sp³-hybridized carbons (Fsp3) is 0.364. The first kappa shape index (κ1) is 10.4. The molecule has 0 saturated carbocycles. The van der Waals surface area contributed by atoms with Crippen molar-refractivity contribution in [3.63, 3.8) is 0 Å². The van der Waals surface area contributed by atoms with Gasteiger partial charge in [0, 0.05) is 13.0 Å². The molecule has 1 atom stereocenters. The maximum Gasteiger partial charge on any atom is 0.0800 e. The van der Waals surface area contributed by atoms with Gasteiger partial charge in [-0.05, 0) is 18.1 Å².